The van der Waals surface area contributed by atoms with Crippen LogP contribution in [0.15, 0.2) is 40.9 Å². The van der Waals surface area contributed by atoms with Crippen LogP contribution in [-0.2, 0) is 6.61 Å². The minimum absolute atomic E-state index is 0.0847. The number of rotatable bonds is 3. The summed E-state index contributed by atoms with van der Waals surface area (Å²) in [6.07, 6.45) is 0. The van der Waals surface area contributed by atoms with E-state index in [-0.39, 0.29) is 22.6 Å². The van der Waals surface area contributed by atoms with Crippen molar-refractivity contribution in [1.29, 1.82) is 0 Å². The maximum Gasteiger partial charge on any atom is 0.195 e. The molecule has 23 heavy (non-hydrogen) atoms. The standard InChI is InChI=1S/C16H9F4NO2/c17-9-3-1-8(2-4-9)15-11(7-22)16(23-21-15)10-5-6-12(18)14(20)13(10)19/h1-6,22H,7H2. The summed E-state index contributed by atoms with van der Waals surface area (Å²) in [6.45, 7) is -0.579. The minimum Gasteiger partial charge on any atom is -0.391 e. The Morgan fingerprint density at radius 2 is 1.61 bits per heavy atom. The Morgan fingerprint density at radius 1 is 0.913 bits per heavy atom. The summed E-state index contributed by atoms with van der Waals surface area (Å²) in [6, 6.07) is 6.90. The van der Waals surface area contributed by atoms with Crippen molar-refractivity contribution in [2.24, 2.45) is 0 Å². The van der Waals surface area contributed by atoms with Crippen LogP contribution in [0.25, 0.3) is 22.6 Å². The summed E-state index contributed by atoms with van der Waals surface area (Å²) in [5.74, 6) is -5.11. The number of aliphatic hydroxyl groups is 1. The molecule has 0 radical (unpaired) electrons. The molecule has 1 N–H and O–H groups in total. The predicted molar refractivity (Wildman–Crippen MR) is 73.1 cm³/mol. The highest BCUT2D eigenvalue weighted by molar-refractivity contribution is 5.72. The van der Waals surface area contributed by atoms with Gasteiger partial charge in [0.1, 0.15) is 11.5 Å². The summed E-state index contributed by atoms with van der Waals surface area (Å²) < 4.78 is 58.3. The van der Waals surface area contributed by atoms with E-state index in [4.69, 9.17) is 4.52 Å². The third kappa shape index (κ3) is 2.59. The van der Waals surface area contributed by atoms with Crippen LogP contribution in [0.3, 0.4) is 0 Å². The number of benzene rings is 2. The molecule has 1 aromatic heterocycles. The Labute approximate surface area is 127 Å². The third-order valence-electron chi connectivity index (χ3n) is 3.34. The van der Waals surface area contributed by atoms with Crippen molar-refractivity contribution in [3.63, 3.8) is 0 Å². The molecule has 0 spiro atoms. The number of hydrogen-bond acceptors (Lipinski definition) is 3. The fourth-order valence-electron chi connectivity index (χ4n) is 2.20. The zero-order valence-corrected chi connectivity index (χ0v) is 11.5. The van der Waals surface area contributed by atoms with Crippen LogP contribution >= 0.6 is 0 Å². The van der Waals surface area contributed by atoms with Crippen LogP contribution in [0.5, 0.6) is 0 Å². The van der Waals surface area contributed by atoms with Gasteiger partial charge in [-0.2, -0.15) is 0 Å². The molecule has 0 aliphatic rings. The van der Waals surface area contributed by atoms with Gasteiger partial charge >= 0.3 is 0 Å². The molecule has 0 fully saturated rings. The maximum atomic E-state index is 13.9. The monoisotopic (exact) mass is 323 g/mol. The van der Waals surface area contributed by atoms with Crippen molar-refractivity contribution in [2.75, 3.05) is 0 Å². The van der Waals surface area contributed by atoms with Crippen molar-refractivity contribution in [3.05, 3.63) is 65.2 Å². The van der Waals surface area contributed by atoms with Gasteiger partial charge in [0, 0.05) is 5.56 Å². The van der Waals surface area contributed by atoms with E-state index in [1.165, 1.54) is 24.3 Å². The predicted octanol–water partition coefficient (Wildman–Crippen LogP) is 4.06. The summed E-state index contributed by atoms with van der Waals surface area (Å²) in [5, 5.41) is 13.2. The van der Waals surface area contributed by atoms with E-state index in [1.54, 1.807) is 0 Å². The van der Waals surface area contributed by atoms with Crippen molar-refractivity contribution in [3.8, 4) is 22.6 Å². The number of aliphatic hydroxyl groups excluding tert-OH is 1. The first-order valence-electron chi connectivity index (χ1n) is 6.52. The molecule has 0 amide bonds. The van der Waals surface area contributed by atoms with Gasteiger partial charge in [0.15, 0.2) is 23.2 Å². The van der Waals surface area contributed by atoms with E-state index in [0.717, 1.165) is 12.1 Å². The summed E-state index contributed by atoms with van der Waals surface area (Å²) in [7, 11) is 0. The van der Waals surface area contributed by atoms with Crippen molar-refractivity contribution in [1.82, 2.24) is 5.16 Å². The molecule has 3 nitrogen and oxygen atoms in total. The van der Waals surface area contributed by atoms with E-state index in [9.17, 15) is 22.7 Å². The molecule has 7 heteroatoms. The van der Waals surface area contributed by atoms with Gasteiger partial charge in [-0.25, -0.2) is 17.6 Å². The van der Waals surface area contributed by atoms with E-state index >= 15 is 0 Å². The average molecular weight is 323 g/mol. The molecular formula is C16H9F4NO2. The van der Waals surface area contributed by atoms with E-state index in [2.05, 4.69) is 5.16 Å². The molecular weight excluding hydrogens is 314 g/mol. The van der Waals surface area contributed by atoms with Crippen LogP contribution in [0, 0.1) is 23.3 Å². The zero-order valence-electron chi connectivity index (χ0n) is 11.5. The number of aromatic nitrogens is 1. The number of halogens is 4. The van der Waals surface area contributed by atoms with Crippen LogP contribution < -0.4 is 0 Å². The van der Waals surface area contributed by atoms with Gasteiger partial charge in [-0.1, -0.05) is 5.16 Å². The number of hydrogen-bond donors (Lipinski definition) is 1. The SMILES string of the molecule is OCc1c(-c2ccc(F)cc2)noc1-c1ccc(F)c(F)c1F. The number of nitrogens with zero attached hydrogens (tertiary/aromatic N) is 1. The lowest BCUT2D eigenvalue weighted by Gasteiger charge is -2.04. The van der Waals surface area contributed by atoms with Crippen LogP contribution in [0.1, 0.15) is 5.56 Å². The van der Waals surface area contributed by atoms with Gasteiger partial charge in [0.2, 0.25) is 0 Å². The largest absolute Gasteiger partial charge is 0.391 e. The first-order valence-corrected chi connectivity index (χ1v) is 6.52. The molecule has 2 aromatic carbocycles. The molecule has 0 aliphatic carbocycles. The van der Waals surface area contributed by atoms with E-state index < -0.39 is 29.9 Å². The zero-order chi connectivity index (χ0) is 16.6. The Hall–Kier alpha value is -2.67. The van der Waals surface area contributed by atoms with E-state index in [0.29, 0.717) is 5.56 Å². The van der Waals surface area contributed by atoms with Crippen molar-refractivity contribution in [2.45, 2.75) is 6.61 Å². The minimum atomic E-state index is -1.65. The Kier molecular flexibility index (Phi) is 3.87. The Balaban J connectivity index is 2.16. The highest BCUT2D eigenvalue weighted by atomic mass is 19.2. The molecule has 0 bridgehead atoms. The lowest BCUT2D eigenvalue weighted by molar-refractivity contribution is 0.281. The first-order chi connectivity index (χ1) is 11.0. The van der Waals surface area contributed by atoms with E-state index in [1.807, 2.05) is 0 Å². The maximum absolute atomic E-state index is 13.9. The van der Waals surface area contributed by atoms with Crippen LogP contribution in [0.2, 0.25) is 0 Å². The Bertz CT molecular complexity index is 859. The third-order valence-corrected chi connectivity index (χ3v) is 3.34. The lowest BCUT2D eigenvalue weighted by Crippen LogP contribution is -1.96. The first kappa shape index (κ1) is 15.2. The van der Waals surface area contributed by atoms with Crippen LogP contribution in [0.4, 0.5) is 17.6 Å². The molecule has 0 atom stereocenters. The van der Waals surface area contributed by atoms with Gasteiger partial charge in [-0.3, -0.25) is 0 Å². The van der Waals surface area contributed by atoms with Gasteiger partial charge in [0.25, 0.3) is 0 Å². The smallest absolute Gasteiger partial charge is 0.195 e. The summed E-state index contributed by atoms with van der Waals surface area (Å²) in [5.41, 5.74) is 0.301. The van der Waals surface area contributed by atoms with Crippen LogP contribution in [-0.4, -0.2) is 10.3 Å². The second-order valence-corrected chi connectivity index (χ2v) is 4.73. The molecule has 0 saturated carbocycles. The molecule has 0 saturated heterocycles. The summed E-state index contributed by atoms with van der Waals surface area (Å²) >= 11 is 0. The second kappa shape index (κ2) is 5.85. The van der Waals surface area contributed by atoms with Crippen molar-refractivity contribution < 1.29 is 27.2 Å². The van der Waals surface area contributed by atoms with Gasteiger partial charge in [-0.15, -0.1) is 0 Å². The van der Waals surface area contributed by atoms with Crippen molar-refractivity contribution >= 4 is 0 Å². The molecule has 3 rings (SSSR count). The second-order valence-electron chi connectivity index (χ2n) is 4.73. The topological polar surface area (TPSA) is 46.3 Å². The van der Waals surface area contributed by atoms with Gasteiger partial charge < -0.3 is 9.63 Å². The molecule has 3 aromatic rings. The highest BCUT2D eigenvalue weighted by Crippen LogP contribution is 2.34. The van der Waals surface area contributed by atoms with Gasteiger partial charge in [0.05, 0.1) is 17.7 Å². The van der Waals surface area contributed by atoms with Gasteiger partial charge in [-0.05, 0) is 36.4 Å². The fraction of sp³-hybridized carbons (Fsp3) is 0.0625. The highest BCUT2D eigenvalue weighted by Gasteiger charge is 2.23. The average Bonchev–Trinajstić information content (AvgIpc) is 2.97. The molecule has 1 heterocycles. The molecule has 118 valence electrons. The fourth-order valence-corrected chi connectivity index (χ4v) is 2.20. The molecule has 0 aliphatic heterocycles. The quantitative estimate of drug-likeness (QED) is 0.584. The summed E-state index contributed by atoms with van der Waals surface area (Å²) in [4.78, 5) is 0. The normalized spacial score (nSPS) is 11.0. The Morgan fingerprint density at radius 3 is 2.26 bits per heavy atom. The molecule has 0 unspecified atom stereocenters. The lowest BCUT2D eigenvalue weighted by atomic mass is 10.0.